The molecule has 3 heterocycles. The Kier molecular flexibility index (Phi) is 5.48. The molecule has 1 aromatic carbocycles. The maximum atomic E-state index is 12.7. The number of nitrogens with one attached hydrogen (secondary N) is 1. The minimum absolute atomic E-state index is 0.0445. The largest absolute Gasteiger partial charge is 0.459 e. The van der Waals surface area contributed by atoms with Gasteiger partial charge in [-0.1, -0.05) is 30.3 Å². The maximum Gasteiger partial charge on any atom is 0.417 e. The van der Waals surface area contributed by atoms with Crippen LogP contribution >= 0.6 is 0 Å². The zero-order chi connectivity index (χ0) is 21.1. The van der Waals surface area contributed by atoms with Gasteiger partial charge in [-0.05, 0) is 36.6 Å². The topological polar surface area (TPSA) is 58.4 Å². The van der Waals surface area contributed by atoms with Gasteiger partial charge in [0.1, 0.15) is 5.82 Å². The number of nitrogens with zero attached hydrogens (tertiary/aromatic N) is 2. The number of pyridine rings is 1. The number of anilines is 1. The van der Waals surface area contributed by atoms with Gasteiger partial charge < -0.3 is 14.6 Å². The number of halogens is 3. The van der Waals surface area contributed by atoms with Crippen LogP contribution in [-0.2, 0) is 6.18 Å². The molecule has 0 aliphatic carbocycles. The number of rotatable bonds is 4. The van der Waals surface area contributed by atoms with Gasteiger partial charge in [-0.3, -0.25) is 4.79 Å². The minimum atomic E-state index is -4.40. The summed E-state index contributed by atoms with van der Waals surface area (Å²) in [6, 6.07) is 13.7. The molecule has 0 bridgehead atoms. The molecular weight excluding hydrogens is 395 g/mol. The Morgan fingerprint density at radius 2 is 1.80 bits per heavy atom. The average molecular weight is 415 g/mol. The SMILES string of the molecule is O=C(NC1CCN(c2ccc(C(F)(F)F)cn2)CC1)c1occc1-c1ccccc1. The summed E-state index contributed by atoms with van der Waals surface area (Å²) >= 11 is 0. The van der Waals surface area contributed by atoms with E-state index < -0.39 is 11.7 Å². The van der Waals surface area contributed by atoms with Crippen molar-refractivity contribution >= 4 is 11.7 Å². The van der Waals surface area contributed by atoms with Crippen molar-refractivity contribution in [3.8, 4) is 11.1 Å². The lowest BCUT2D eigenvalue weighted by atomic mass is 10.0. The Morgan fingerprint density at radius 1 is 1.07 bits per heavy atom. The van der Waals surface area contributed by atoms with E-state index in [1.54, 1.807) is 6.07 Å². The lowest BCUT2D eigenvalue weighted by Gasteiger charge is -2.33. The molecule has 1 fully saturated rings. The zero-order valence-electron chi connectivity index (χ0n) is 16.0. The van der Waals surface area contributed by atoms with Crippen molar-refractivity contribution in [3.05, 3.63) is 72.3 Å². The van der Waals surface area contributed by atoms with E-state index >= 15 is 0 Å². The second-order valence-corrected chi connectivity index (χ2v) is 7.17. The molecule has 156 valence electrons. The fourth-order valence-corrected chi connectivity index (χ4v) is 3.57. The smallest absolute Gasteiger partial charge is 0.417 e. The van der Waals surface area contributed by atoms with Crippen LogP contribution in [0.1, 0.15) is 29.0 Å². The number of benzene rings is 1. The Labute approximate surface area is 171 Å². The molecule has 0 radical (unpaired) electrons. The van der Waals surface area contributed by atoms with Crippen LogP contribution in [0.2, 0.25) is 0 Å². The average Bonchev–Trinajstić information content (AvgIpc) is 3.25. The van der Waals surface area contributed by atoms with Crippen LogP contribution in [0.15, 0.2) is 65.4 Å². The summed E-state index contributed by atoms with van der Waals surface area (Å²) in [6.07, 6.45) is -0.722. The van der Waals surface area contributed by atoms with Crippen LogP contribution in [0.4, 0.5) is 19.0 Å². The minimum Gasteiger partial charge on any atom is -0.459 e. The molecule has 3 aromatic rings. The van der Waals surface area contributed by atoms with Crippen LogP contribution in [0.3, 0.4) is 0 Å². The number of hydrogen-bond donors (Lipinski definition) is 1. The molecule has 0 saturated carbocycles. The molecular formula is C22H20F3N3O2. The highest BCUT2D eigenvalue weighted by Crippen LogP contribution is 2.30. The van der Waals surface area contributed by atoms with Gasteiger partial charge in [0.15, 0.2) is 5.76 Å². The predicted octanol–water partition coefficient (Wildman–Crippen LogP) is 4.76. The maximum absolute atomic E-state index is 12.7. The number of furan rings is 1. The summed E-state index contributed by atoms with van der Waals surface area (Å²) in [7, 11) is 0. The van der Waals surface area contributed by atoms with Crippen molar-refractivity contribution in [2.45, 2.75) is 25.1 Å². The summed E-state index contributed by atoms with van der Waals surface area (Å²) in [5, 5.41) is 3.00. The van der Waals surface area contributed by atoms with Gasteiger partial charge in [-0.15, -0.1) is 0 Å². The number of aromatic nitrogens is 1. The van der Waals surface area contributed by atoms with Crippen molar-refractivity contribution in [3.63, 3.8) is 0 Å². The summed E-state index contributed by atoms with van der Waals surface area (Å²) in [5.74, 6) is 0.503. The highest BCUT2D eigenvalue weighted by atomic mass is 19.4. The summed E-state index contributed by atoms with van der Waals surface area (Å²) < 4.78 is 43.5. The van der Waals surface area contributed by atoms with E-state index in [2.05, 4.69) is 10.3 Å². The first-order valence-corrected chi connectivity index (χ1v) is 9.64. The molecule has 1 N–H and O–H groups in total. The van der Waals surface area contributed by atoms with Crippen LogP contribution in [0, 0.1) is 0 Å². The number of alkyl halides is 3. The first kappa shape index (κ1) is 20.0. The molecule has 1 aliphatic heterocycles. The monoisotopic (exact) mass is 415 g/mol. The van der Waals surface area contributed by atoms with Gasteiger partial charge in [0.05, 0.1) is 11.8 Å². The highest BCUT2D eigenvalue weighted by Gasteiger charge is 2.31. The van der Waals surface area contributed by atoms with Crippen LogP contribution in [-0.4, -0.2) is 30.0 Å². The van der Waals surface area contributed by atoms with Gasteiger partial charge >= 0.3 is 6.18 Å². The molecule has 2 aromatic heterocycles. The van der Waals surface area contributed by atoms with Gasteiger partial charge in [0, 0.05) is 30.9 Å². The van der Waals surface area contributed by atoms with Gasteiger partial charge in [-0.2, -0.15) is 13.2 Å². The lowest BCUT2D eigenvalue weighted by molar-refractivity contribution is -0.137. The van der Waals surface area contributed by atoms with Crippen LogP contribution in [0.25, 0.3) is 11.1 Å². The first-order chi connectivity index (χ1) is 14.4. The van der Waals surface area contributed by atoms with Crippen molar-refractivity contribution in [1.82, 2.24) is 10.3 Å². The fraction of sp³-hybridized carbons (Fsp3) is 0.273. The predicted molar refractivity (Wildman–Crippen MR) is 106 cm³/mol. The highest BCUT2D eigenvalue weighted by molar-refractivity contribution is 5.98. The van der Waals surface area contributed by atoms with Crippen LogP contribution < -0.4 is 10.2 Å². The normalized spacial score (nSPS) is 15.2. The van der Waals surface area contributed by atoms with Gasteiger partial charge in [-0.25, -0.2) is 4.98 Å². The van der Waals surface area contributed by atoms with E-state index in [1.807, 2.05) is 35.2 Å². The van der Waals surface area contributed by atoms with Crippen molar-refractivity contribution in [2.24, 2.45) is 0 Å². The van der Waals surface area contributed by atoms with Gasteiger partial charge in [0.2, 0.25) is 0 Å². The number of carbonyl (C=O) groups excluding carboxylic acids is 1. The molecule has 5 nitrogen and oxygen atoms in total. The van der Waals surface area contributed by atoms with Crippen molar-refractivity contribution in [1.29, 1.82) is 0 Å². The molecule has 1 amide bonds. The second-order valence-electron chi connectivity index (χ2n) is 7.17. The van der Waals surface area contributed by atoms with E-state index in [9.17, 15) is 18.0 Å². The quantitative estimate of drug-likeness (QED) is 0.668. The third kappa shape index (κ3) is 4.32. The van der Waals surface area contributed by atoms with Crippen LogP contribution in [0.5, 0.6) is 0 Å². The Balaban J connectivity index is 1.36. The van der Waals surface area contributed by atoms with E-state index in [4.69, 9.17) is 4.42 Å². The van der Waals surface area contributed by atoms with Crippen molar-refractivity contribution in [2.75, 3.05) is 18.0 Å². The van der Waals surface area contributed by atoms with E-state index in [-0.39, 0.29) is 17.7 Å². The molecule has 8 heteroatoms. The fourth-order valence-electron chi connectivity index (χ4n) is 3.57. The van der Waals surface area contributed by atoms with E-state index in [1.165, 1.54) is 12.3 Å². The van der Waals surface area contributed by atoms with Crippen molar-refractivity contribution < 1.29 is 22.4 Å². The number of piperidine rings is 1. The molecule has 1 saturated heterocycles. The molecule has 30 heavy (non-hydrogen) atoms. The van der Waals surface area contributed by atoms with E-state index in [0.717, 1.165) is 23.4 Å². The molecule has 0 spiro atoms. The second kappa shape index (κ2) is 8.22. The Bertz CT molecular complexity index is 992. The standard InChI is InChI=1S/C22H20F3N3O2/c23-22(24,25)16-6-7-19(26-14-16)28-11-8-17(9-12-28)27-21(29)20-18(10-13-30-20)15-4-2-1-3-5-15/h1-7,10,13-14,17H,8-9,11-12H2,(H,27,29). The summed E-state index contributed by atoms with van der Waals surface area (Å²) in [6.45, 7) is 1.18. The Morgan fingerprint density at radius 3 is 2.43 bits per heavy atom. The first-order valence-electron chi connectivity index (χ1n) is 9.64. The summed E-state index contributed by atoms with van der Waals surface area (Å²) in [5.41, 5.74) is 0.875. The molecule has 4 rings (SSSR count). The Hall–Kier alpha value is -3.29. The number of hydrogen-bond acceptors (Lipinski definition) is 4. The molecule has 0 atom stereocenters. The molecule has 1 aliphatic rings. The summed E-state index contributed by atoms with van der Waals surface area (Å²) in [4.78, 5) is 18.6. The molecule has 0 unspecified atom stereocenters. The zero-order valence-corrected chi connectivity index (χ0v) is 16.0. The third-order valence-corrected chi connectivity index (χ3v) is 5.19. The number of amides is 1. The van der Waals surface area contributed by atoms with E-state index in [0.29, 0.717) is 31.7 Å². The van der Waals surface area contributed by atoms with Gasteiger partial charge in [0.25, 0.3) is 5.91 Å². The number of carbonyl (C=O) groups is 1. The third-order valence-electron chi connectivity index (χ3n) is 5.19. The lowest BCUT2D eigenvalue weighted by Crippen LogP contribution is -2.45.